The fourth-order valence-electron chi connectivity index (χ4n) is 2.32. The van der Waals surface area contributed by atoms with E-state index in [0.717, 1.165) is 6.42 Å². The van der Waals surface area contributed by atoms with Gasteiger partial charge in [0, 0.05) is 15.4 Å². The normalized spacial score (nSPS) is 22.4. The molecule has 0 aromatic heterocycles. The highest BCUT2D eigenvalue weighted by Gasteiger charge is 2.27. The number of carbonyl (C=O) groups excluding carboxylic acids is 1. The Morgan fingerprint density at radius 3 is 2.55 bits per heavy atom. The summed E-state index contributed by atoms with van der Waals surface area (Å²) in [5.41, 5.74) is 0. The van der Waals surface area contributed by atoms with Crippen LogP contribution in [0.1, 0.15) is 25.7 Å². The lowest BCUT2D eigenvalue weighted by atomic mass is 10.00. The van der Waals surface area contributed by atoms with Crippen molar-refractivity contribution in [3.63, 3.8) is 0 Å². The van der Waals surface area contributed by atoms with Gasteiger partial charge in [0.2, 0.25) is 0 Å². The minimum absolute atomic E-state index is 0.144. The van der Waals surface area contributed by atoms with Crippen molar-refractivity contribution in [3.8, 4) is 5.75 Å². The molecule has 1 aliphatic rings. The Morgan fingerprint density at radius 1 is 1.25 bits per heavy atom. The van der Waals surface area contributed by atoms with Crippen LogP contribution in [0.15, 0.2) is 29.2 Å². The Hall–Kier alpha value is -0.810. The van der Waals surface area contributed by atoms with Crippen molar-refractivity contribution >= 4 is 29.5 Å². The van der Waals surface area contributed by atoms with Crippen molar-refractivity contribution in [2.24, 2.45) is 0 Å². The van der Waals surface area contributed by atoms with Crippen molar-refractivity contribution in [1.82, 2.24) is 0 Å². The Bertz CT molecular complexity index is 433. The average molecular weight is 312 g/mol. The zero-order valence-corrected chi connectivity index (χ0v) is 13.2. The minimum Gasteiger partial charge on any atom is -0.508 e. The summed E-state index contributed by atoms with van der Waals surface area (Å²) in [6.07, 6.45) is 4.85. The second kappa shape index (κ2) is 7.84. The fraction of sp³-hybridized carbons (Fsp3) is 0.533. The number of aromatic hydroxyl groups is 1. The summed E-state index contributed by atoms with van der Waals surface area (Å²) in [6, 6.07) is 7.36. The standard InChI is InChI=1S/C15H20O3S2/c1-18-15(17)10-19-13-4-2-3-5-14(13)20-12-8-6-11(16)7-9-12/h6-9,13-14,16H,2-5,10H2,1H3/t13-,14-/m1/s1. The molecule has 0 aliphatic heterocycles. The van der Waals surface area contributed by atoms with Crippen molar-refractivity contribution < 1.29 is 14.6 Å². The molecule has 20 heavy (non-hydrogen) atoms. The zero-order valence-electron chi connectivity index (χ0n) is 11.6. The molecule has 1 N–H and O–H groups in total. The highest BCUT2D eigenvalue weighted by Crippen LogP contribution is 2.39. The molecule has 2 rings (SSSR count). The van der Waals surface area contributed by atoms with Crippen LogP contribution >= 0.6 is 23.5 Å². The largest absolute Gasteiger partial charge is 0.508 e. The maximum atomic E-state index is 11.3. The Kier molecular flexibility index (Phi) is 6.10. The number of esters is 1. The highest BCUT2D eigenvalue weighted by atomic mass is 32.2. The topological polar surface area (TPSA) is 46.5 Å². The first kappa shape index (κ1) is 15.6. The molecule has 1 fully saturated rings. The molecule has 1 aliphatic carbocycles. The summed E-state index contributed by atoms with van der Waals surface area (Å²) < 4.78 is 4.71. The third-order valence-electron chi connectivity index (χ3n) is 3.41. The number of ether oxygens (including phenoxy) is 1. The lowest BCUT2D eigenvalue weighted by Gasteiger charge is -2.30. The van der Waals surface area contributed by atoms with E-state index in [1.807, 2.05) is 23.9 Å². The molecule has 1 aromatic carbocycles. The summed E-state index contributed by atoms with van der Waals surface area (Å²) in [6.45, 7) is 0. The summed E-state index contributed by atoms with van der Waals surface area (Å²) >= 11 is 3.57. The zero-order chi connectivity index (χ0) is 14.4. The smallest absolute Gasteiger partial charge is 0.315 e. The number of phenolic OH excluding ortho intramolecular Hbond substituents is 1. The average Bonchev–Trinajstić information content (AvgIpc) is 2.48. The van der Waals surface area contributed by atoms with Gasteiger partial charge in [-0.3, -0.25) is 4.79 Å². The molecule has 1 aromatic rings. The van der Waals surface area contributed by atoms with Gasteiger partial charge in [-0.1, -0.05) is 12.8 Å². The van der Waals surface area contributed by atoms with Crippen LogP contribution in [0.5, 0.6) is 5.75 Å². The Balaban J connectivity index is 1.92. The van der Waals surface area contributed by atoms with Crippen molar-refractivity contribution in [1.29, 1.82) is 0 Å². The van der Waals surface area contributed by atoms with E-state index < -0.39 is 0 Å². The monoisotopic (exact) mass is 312 g/mol. The molecule has 5 heteroatoms. The van der Waals surface area contributed by atoms with Crippen molar-refractivity contribution in [2.75, 3.05) is 12.9 Å². The lowest BCUT2D eigenvalue weighted by Crippen LogP contribution is -2.25. The van der Waals surface area contributed by atoms with Crippen LogP contribution in [-0.4, -0.2) is 34.4 Å². The van der Waals surface area contributed by atoms with Crippen LogP contribution in [0.4, 0.5) is 0 Å². The molecule has 3 nitrogen and oxygen atoms in total. The van der Waals surface area contributed by atoms with E-state index in [2.05, 4.69) is 0 Å². The number of phenols is 1. The fourth-order valence-corrected chi connectivity index (χ4v) is 5.09. The van der Waals surface area contributed by atoms with Gasteiger partial charge >= 0.3 is 5.97 Å². The van der Waals surface area contributed by atoms with E-state index >= 15 is 0 Å². The maximum Gasteiger partial charge on any atom is 0.315 e. The first-order valence-electron chi connectivity index (χ1n) is 6.83. The molecule has 0 amide bonds. The van der Waals surface area contributed by atoms with E-state index in [-0.39, 0.29) is 5.97 Å². The van der Waals surface area contributed by atoms with Gasteiger partial charge in [-0.15, -0.1) is 23.5 Å². The second-order valence-electron chi connectivity index (χ2n) is 4.86. The lowest BCUT2D eigenvalue weighted by molar-refractivity contribution is -0.137. The third kappa shape index (κ3) is 4.63. The Labute approximate surface area is 128 Å². The molecule has 0 radical (unpaired) electrons. The molecule has 1 saturated carbocycles. The minimum atomic E-state index is -0.144. The quantitative estimate of drug-likeness (QED) is 0.840. The van der Waals surface area contributed by atoms with Crippen LogP contribution < -0.4 is 0 Å². The van der Waals surface area contributed by atoms with Gasteiger partial charge in [0.25, 0.3) is 0 Å². The van der Waals surface area contributed by atoms with Crippen LogP contribution in [-0.2, 0) is 9.53 Å². The van der Waals surface area contributed by atoms with E-state index in [1.165, 1.54) is 31.3 Å². The number of methoxy groups -OCH3 is 1. The molecule has 0 heterocycles. The van der Waals surface area contributed by atoms with Crippen molar-refractivity contribution in [3.05, 3.63) is 24.3 Å². The SMILES string of the molecule is COC(=O)CS[C@@H]1CCCC[C@H]1Sc1ccc(O)cc1. The first-order chi connectivity index (χ1) is 9.69. The number of thioether (sulfide) groups is 2. The van der Waals surface area contributed by atoms with Crippen LogP contribution in [0.25, 0.3) is 0 Å². The van der Waals surface area contributed by atoms with E-state index in [0.29, 0.717) is 22.0 Å². The van der Waals surface area contributed by atoms with Crippen LogP contribution in [0.2, 0.25) is 0 Å². The number of carbonyl (C=O) groups is 1. The molecule has 0 bridgehead atoms. The van der Waals surface area contributed by atoms with Gasteiger partial charge in [0.05, 0.1) is 12.9 Å². The number of hydrogen-bond donors (Lipinski definition) is 1. The van der Waals surface area contributed by atoms with Gasteiger partial charge in [-0.05, 0) is 37.1 Å². The van der Waals surface area contributed by atoms with E-state index in [4.69, 9.17) is 4.74 Å². The van der Waals surface area contributed by atoms with Crippen LogP contribution in [0, 0.1) is 0 Å². The summed E-state index contributed by atoms with van der Waals surface area (Å²) in [5.74, 6) is 0.594. The first-order valence-corrected chi connectivity index (χ1v) is 8.76. The van der Waals surface area contributed by atoms with E-state index in [9.17, 15) is 9.90 Å². The molecule has 2 atom stereocenters. The van der Waals surface area contributed by atoms with Gasteiger partial charge in [-0.2, -0.15) is 0 Å². The highest BCUT2D eigenvalue weighted by molar-refractivity contribution is 8.04. The predicted octanol–water partition coefficient (Wildman–Crippen LogP) is 3.70. The summed E-state index contributed by atoms with van der Waals surface area (Å²) in [7, 11) is 1.44. The number of hydrogen-bond acceptors (Lipinski definition) is 5. The number of rotatable bonds is 5. The van der Waals surface area contributed by atoms with Crippen molar-refractivity contribution in [2.45, 2.75) is 41.1 Å². The molecule has 0 saturated heterocycles. The molecular weight excluding hydrogens is 292 g/mol. The molecule has 110 valence electrons. The third-order valence-corrected chi connectivity index (χ3v) is 6.39. The molecule has 0 spiro atoms. The summed E-state index contributed by atoms with van der Waals surface area (Å²) in [5, 5.41) is 10.4. The Morgan fingerprint density at radius 2 is 1.90 bits per heavy atom. The maximum absolute atomic E-state index is 11.3. The number of benzene rings is 1. The van der Waals surface area contributed by atoms with E-state index in [1.54, 1.807) is 23.9 Å². The van der Waals surface area contributed by atoms with Gasteiger partial charge in [-0.25, -0.2) is 0 Å². The molecular formula is C15H20O3S2. The predicted molar refractivity (Wildman–Crippen MR) is 84.5 cm³/mol. The van der Waals surface area contributed by atoms with Gasteiger partial charge < -0.3 is 9.84 Å². The van der Waals surface area contributed by atoms with Gasteiger partial charge in [0.15, 0.2) is 0 Å². The molecule has 0 unspecified atom stereocenters. The van der Waals surface area contributed by atoms with Crippen LogP contribution in [0.3, 0.4) is 0 Å². The van der Waals surface area contributed by atoms with Gasteiger partial charge in [0.1, 0.15) is 5.75 Å². The second-order valence-corrected chi connectivity index (χ2v) is 7.40. The summed E-state index contributed by atoms with van der Waals surface area (Å²) in [4.78, 5) is 12.5.